The summed E-state index contributed by atoms with van der Waals surface area (Å²) in [6.45, 7) is 1.65. The minimum atomic E-state index is -0.561. The number of rotatable bonds is 4. The van der Waals surface area contributed by atoms with Gasteiger partial charge in [-0.2, -0.15) is 0 Å². The van der Waals surface area contributed by atoms with Crippen LogP contribution in [0.4, 0.5) is 14.5 Å². The van der Waals surface area contributed by atoms with Gasteiger partial charge in [0.05, 0.1) is 16.3 Å². The van der Waals surface area contributed by atoms with E-state index in [1.807, 2.05) is 0 Å². The summed E-state index contributed by atoms with van der Waals surface area (Å²) in [6.07, 6.45) is 0. The van der Waals surface area contributed by atoms with Crippen LogP contribution in [-0.4, -0.2) is 12.8 Å². The van der Waals surface area contributed by atoms with Gasteiger partial charge in [0, 0.05) is 13.6 Å². The zero-order chi connectivity index (χ0) is 15.6. The first-order valence-corrected chi connectivity index (χ1v) is 6.72. The van der Waals surface area contributed by atoms with Gasteiger partial charge >= 0.3 is 0 Å². The number of carbonyl (C=O) groups excluding carboxylic acids is 1. The van der Waals surface area contributed by atoms with E-state index in [1.165, 1.54) is 31.2 Å². The Kier molecular flexibility index (Phi) is 4.58. The van der Waals surface area contributed by atoms with Crippen molar-refractivity contribution in [2.45, 2.75) is 13.5 Å². The summed E-state index contributed by atoms with van der Waals surface area (Å²) in [5.41, 5.74) is 1.19. The largest absolute Gasteiger partial charge is 0.370 e. The number of halogens is 3. The zero-order valence-electron chi connectivity index (χ0n) is 11.7. The fourth-order valence-electron chi connectivity index (χ4n) is 2.18. The molecule has 2 aromatic carbocycles. The molecule has 2 nitrogen and oxygen atoms in total. The summed E-state index contributed by atoms with van der Waals surface area (Å²) in [4.78, 5) is 13.3. The number of ketones is 1. The minimum Gasteiger partial charge on any atom is -0.370 e. The molecule has 0 radical (unpaired) electrons. The van der Waals surface area contributed by atoms with Crippen LogP contribution in [0.2, 0.25) is 5.02 Å². The van der Waals surface area contributed by atoms with E-state index >= 15 is 0 Å². The summed E-state index contributed by atoms with van der Waals surface area (Å²) in [6, 6.07) is 8.93. The van der Waals surface area contributed by atoms with E-state index in [9.17, 15) is 13.6 Å². The molecule has 2 aromatic rings. The van der Waals surface area contributed by atoms with Crippen LogP contribution < -0.4 is 4.90 Å². The highest BCUT2D eigenvalue weighted by Crippen LogP contribution is 2.25. The third-order valence-corrected chi connectivity index (χ3v) is 3.47. The van der Waals surface area contributed by atoms with E-state index in [2.05, 4.69) is 0 Å². The third kappa shape index (κ3) is 3.39. The van der Waals surface area contributed by atoms with Crippen LogP contribution >= 0.6 is 11.6 Å². The standard InChI is InChI=1S/C16H14ClF2NO/c1-10(21)16-13(18)4-3-5-15(16)20(2)9-11-6-7-12(17)14(19)8-11/h3-8H,9H2,1-2H3. The lowest BCUT2D eigenvalue weighted by Gasteiger charge is -2.22. The Balaban J connectivity index is 2.32. The molecule has 21 heavy (non-hydrogen) atoms. The minimum absolute atomic E-state index is 0.0365. The van der Waals surface area contributed by atoms with Gasteiger partial charge in [-0.05, 0) is 36.8 Å². The summed E-state index contributed by atoms with van der Waals surface area (Å²) in [5, 5.41) is 0.0524. The Labute approximate surface area is 127 Å². The van der Waals surface area contributed by atoms with Crippen LogP contribution in [0.25, 0.3) is 0 Å². The molecule has 2 rings (SSSR count). The Morgan fingerprint density at radius 1 is 1.19 bits per heavy atom. The fraction of sp³-hybridized carbons (Fsp3) is 0.188. The lowest BCUT2D eigenvalue weighted by Crippen LogP contribution is -2.19. The number of carbonyl (C=O) groups is 1. The quantitative estimate of drug-likeness (QED) is 0.777. The van der Waals surface area contributed by atoms with Crippen molar-refractivity contribution in [2.75, 3.05) is 11.9 Å². The topological polar surface area (TPSA) is 20.3 Å². The van der Waals surface area contributed by atoms with Gasteiger partial charge in [-0.1, -0.05) is 23.7 Å². The van der Waals surface area contributed by atoms with Gasteiger partial charge in [0.2, 0.25) is 0 Å². The second-order valence-electron chi connectivity index (χ2n) is 4.79. The smallest absolute Gasteiger partial charge is 0.164 e. The lowest BCUT2D eigenvalue weighted by atomic mass is 10.1. The summed E-state index contributed by atoms with van der Waals surface area (Å²) >= 11 is 5.64. The van der Waals surface area contributed by atoms with Crippen molar-refractivity contribution in [3.05, 3.63) is 64.2 Å². The molecule has 5 heteroatoms. The van der Waals surface area contributed by atoms with Crippen molar-refractivity contribution in [3.8, 4) is 0 Å². The average molecular weight is 310 g/mol. The molecule has 0 amide bonds. The van der Waals surface area contributed by atoms with Gasteiger partial charge in [-0.25, -0.2) is 8.78 Å². The van der Waals surface area contributed by atoms with Crippen molar-refractivity contribution in [1.82, 2.24) is 0 Å². The van der Waals surface area contributed by atoms with E-state index < -0.39 is 11.6 Å². The van der Waals surface area contributed by atoms with E-state index in [1.54, 1.807) is 24.1 Å². The molecule has 0 fully saturated rings. The van der Waals surface area contributed by atoms with Gasteiger partial charge in [0.15, 0.2) is 5.78 Å². The lowest BCUT2D eigenvalue weighted by molar-refractivity contribution is 0.101. The first kappa shape index (κ1) is 15.4. The first-order valence-electron chi connectivity index (χ1n) is 6.34. The van der Waals surface area contributed by atoms with Crippen LogP contribution in [0, 0.1) is 11.6 Å². The number of nitrogens with zero attached hydrogens (tertiary/aromatic N) is 1. The monoisotopic (exact) mass is 309 g/mol. The van der Waals surface area contributed by atoms with E-state index in [4.69, 9.17) is 11.6 Å². The molecule has 0 bridgehead atoms. The molecule has 0 aromatic heterocycles. The maximum absolute atomic E-state index is 13.8. The maximum Gasteiger partial charge on any atom is 0.164 e. The molecule has 0 atom stereocenters. The van der Waals surface area contributed by atoms with Gasteiger partial charge in [-0.15, -0.1) is 0 Å². The number of benzene rings is 2. The highest BCUT2D eigenvalue weighted by atomic mass is 35.5. The summed E-state index contributed by atoms with van der Waals surface area (Å²) in [7, 11) is 1.72. The summed E-state index contributed by atoms with van der Waals surface area (Å²) in [5.74, 6) is -1.42. The van der Waals surface area contributed by atoms with E-state index in [0.29, 0.717) is 17.8 Å². The van der Waals surface area contributed by atoms with E-state index in [0.717, 1.165) is 0 Å². The molecule has 0 aliphatic rings. The Hall–Kier alpha value is -1.94. The van der Waals surface area contributed by atoms with Crippen molar-refractivity contribution in [1.29, 1.82) is 0 Å². The van der Waals surface area contributed by atoms with Crippen molar-refractivity contribution in [3.63, 3.8) is 0 Å². The SMILES string of the molecule is CC(=O)c1c(F)cccc1N(C)Cc1ccc(Cl)c(F)c1. The molecular formula is C16H14ClF2NO. The molecule has 0 heterocycles. The second-order valence-corrected chi connectivity index (χ2v) is 5.20. The normalized spacial score (nSPS) is 10.5. The van der Waals surface area contributed by atoms with Crippen LogP contribution in [-0.2, 0) is 6.54 Å². The second kappa shape index (κ2) is 6.22. The van der Waals surface area contributed by atoms with Crippen LogP contribution in [0.1, 0.15) is 22.8 Å². The summed E-state index contributed by atoms with van der Waals surface area (Å²) < 4.78 is 27.2. The number of hydrogen-bond donors (Lipinski definition) is 0. The van der Waals surface area contributed by atoms with Crippen LogP contribution in [0.15, 0.2) is 36.4 Å². The molecule has 0 saturated carbocycles. The number of anilines is 1. The van der Waals surface area contributed by atoms with Gasteiger partial charge in [-0.3, -0.25) is 4.79 Å². The van der Waals surface area contributed by atoms with Gasteiger partial charge in [0.25, 0.3) is 0 Å². The predicted molar refractivity (Wildman–Crippen MR) is 79.9 cm³/mol. The molecule has 0 N–H and O–H groups in total. The fourth-order valence-corrected chi connectivity index (χ4v) is 2.29. The highest BCUT2D eigenvalue weighted by molar-refractivity contribution is 6.30. The zero-order valence-corrected chi connectivity index (χ0v) is 12.4. The van der Waals surface area contributed by atoms with Crippen molar-refractivity contribution < 1.29 is 13.6 Å². The molecular weight excluding hydrogens is 296 g/mol. The first-order chi connectivity index (χ1) is 9.90. The third-order valence-electron chi connectivity index (χ3n) is 3.16. The van der Waals surface area contributed by atoms with Gasteiger partial charge < -0.3 is 4.90 Å². The highest BCUT2D eigenvalue weighted by Gasteiger charge is 2.16. The van der Waals surface area contributed by atoms with E-state index in [-0.39, 0.29) is 16.4 Å². The van der Waals surface area contributed by atoms with Crippen molar-refractivity contribution >= 4 is 23.1 Å². The Bertz CT molecular complexity index is 688. The Morgan fingerprint density at radius 2 is 1.90 bits per heavy atom. The molecule has 0 unspecified atom stereocenters. The average Bonchev–Trinajstić information content (AvgIpc) is 2.42. The molecule has 0 aliphatic heterocycles. The molecule has 0 aliphatic carbocycles. The maximum atomic E-state index is 13.8. The number of Topliss-reactive ketones (excluding diaryl/α,β-unsaturated/α-hetero) is 1. The van der Waals surface area contributed by atoms with Gasteiger partial charge in [0.1, 0.15) is 11.6 Å². The molecule has 110 valence electrons. The number of hydrogen-bond acceptors (Lipinski definition) is 2. The predicted octanol–water partition coefficient (Wildman–Crippen LogP) is 4.46. The van der Waals surface area contributed by atoms with Crippen LogP contribution in [0.5, 0.6) is 0 Å². The molecule has 0 spiro atoms. The molecule has 0 saturated heterocycles. The Morgan fingerprint density at radius 3 is 2.52 bits per heavy atom. The van der Waals surface area contributed by atoms with Crippen LogP contribution in [0.3, 0.4) is 0 Å². The van der Waals surface area contributed by atoms with Crippen molar-refractivity contribution in [2.24, 2.45) is 0 Å².